The average Bonchev–Trinajstić information content (AvgIpc) is 2.72. The topological polar surface area (TPSA) is 84.8 Å². The molecular weight excluding hydrogens is 457 g/mol. The van der Waals surface area contributed by atoms with Gasteiger partial charge in [0.25, 0.3) is 0 Å². The van der Waals surface area contributed by atoms with E-state index in [1.807, 2.05) is 0 Å². The highest BCUT2D eigenvalue weighted by atomic mass is 32.2. The predicted molar refractivity (Wildman–Crippen MR) is 120 cm³/mol. The first-order chi connectivity index (χ1) is 15.3. The van der Waals surface area contributed by atoms with E-state index in [1.54, 1.807) is 6.92 Å². The molecule has 1 atom stereocenters. The van der Waals surface area contributed by atoms with Crippen molar-refractivity contribution in [1.29, 1.82) is 0 Å². The van der Waals surface area contributed by atoms with Crippen LogP contribution in [0.15, 0.2) is 41.7 Å². The Morgan fingerprint density at radius 3 is 2.58 bits per heavy atom. The maximum atomic E-state index is 14.8. The van der Waals surface area contributed by atoms with Crippen LogP contribution in [0.25, 0.3) is 11.9 Å². The zero-order chi connectivity index (χ0) is 24.6. The maximum absolute atomic E-state index is 14.8. The monoisotopic (exact) mass is 480 g/mol. The summed E-state index contributed by atoms with van der Waals surface area (Å²) in [5.74, 6) is -3.63. The highest BCUT2D eigenvalue weighted by Crippen LogP contribution is 2.36. The van der Waals surface area contributed by atoms with E-state index in [0.29, 0.717) is 0 Å². The second-order valence-corrected chi connectivity index (χ2v) is 10.00. The third-order valence-electron chi connectivity index (χ3n) is 5.01. The number of aromatic nitrogens is 2. The first-order valence-corrected chi connectivity index (χ1v) is 11.4. The minimum atomic E-state index is -3.80. The summed E-state index contributed by atoms with van der Waals surface area (Å²) in [5, 5.41) is 0. The number of benzene rings is 1. The van der Waals surface area contributed by atoms with E-state index in [1.165, 1.54) is 33.2 Å². The molecular formula is C22H23F3N4O3S. The molecule has 1 aromatic carbocycles. The van der Waals surface area contributed by atoms with Crippen molar-refractivity contribution in [1.82, 2.24) is 14.3 Å². The van der Waals surface area contributed by atoms with Crippen LogP contribution in [0.5, 0.6) is 5.88 Å². The van der Waals surface area contributed by atoms with Gasteiger partial charge in [0.15, 0.2) is 17.5 Å². The van der Waals surface area contributed by atoms with Gasteiger partial charge in [0, 0.05) is 12.6 Å². The second kappa shape index (κ2) is 8.97. The molecule has 0 radical (unpaired) electrons. The molecule has 0 aliphatic carbocycles. The van der Waals surface area contributed by atoms with E-state index in [2.05, 4.69) is 21.5 Å². The fourth-order valence-electron chi connectivity index (χ4n) is 3.27. The smallest absolute Gasteiger partial charge is 0.238 e. The summed E-state index contributed by atoms with van der Waals surface area (Å²) >= 11 is 0. The van der Waals surface area contributed by atoms with Crippen molar-refractivity contribution in [2.24, 2.45) is 4.99 Å². The van der Waals surface area contributed by atoms with Gasteiger partial charge in [-0.3, -0.25) is 9.30 Å². The SMILES string of the molecule is C=C(C)COc1cnc(/C(F)=C/c2cc(F)c(F)c([C@]3(C)CS(=O)(=O)N(C)C(C)=N3)c2)cn1. The molecule has 1 aliphatic rings. The van der Waals surface area contributed by atoms with Gasteiger partial charge in [-0.2, -0.15) is 0 Å². The summed E-state index contributed by atoms with van der Waals surface area (Å²) in [4.78, 5) is 12.2. The molecule has 0 N–H and O–H groups in total. The summed E-state index contributed by atoms with van der Waals surface area (Å²) in [6.07, 6.45) is 3.32. The van der Waals surface area contributed by atoms with Crippen LogP contribution in [0, 0.1) is 11.6 Å². The fourth-order valence-corrected chi connectivity index (χ4v) is 4.84. The van der Waals surface area contributed by atoms with Crippen LogP contribution < -0.4 is 4.74 Å². The van der Waals surface area contributed by atoms with Crippen molar-refractivity contribution in [3.63, 3.8) is 0 Å². The summed E-state index contributed by atoms with van der Waals surface area (Å²) in [7, 11) is -2.47. The Bertz CT molecular complexity index is 1260. The lowest BCUT2D eigenvalue weighted by atomic mass is 9.92. The van der Waals surface area contributed by atoms with Gasteiger partial charge >= 0.3 is 0 Å². The second-order valence-electron chi connectivity index (χ2n) is 8.00. The molecule has 176 valence electrons. The molecule has 3 rings (SSSR count). The van der Waals surface area contributed by atoms with E-state index in [9.17, 15) is 21.6 Å². The molecule has 0 saturated heterocycles. The van der Waals surface area contributed by atoms with Gasteiger partial charge in [0.05, 0.1) is 18.1 Å². The Morgan fingerprint density at radius 2 is 2.00 bits per heavy atom. The molecule has 0 bridgehead atoms. The number of rotatable bonds is 6. The predicted octanol–water partition coefficient (Wildman–Crippen LogP) is 4.09. The van der Waals surface area contributed by atoms with E-state index < -0.39 is 38.8 Å². The maximum Gasteiger partial charge on any atom is 0.238 e. The Morgan fingerprint density at radius 1 is 1.30 bits per heavy atom. The van der Waals surface area contributed by atoms with Crippen LogP contribution in [-0.4, -0.2) is 47.9 Å². The first-order valence-electron chi connectivity index (χ1n) is 9.82. The number of hydrogen-bond donors (Lipinski definition) is 0. The Hall–Kier alpha value is -3.21. The van der Waals surface area contributed by atoms with Crippen LogP contribution in [0.4, 0.5) is 13.2 Å². The van der Waals surface area contributed by atoms with Crippen LogP contribution in [0.3, 0.4) is 0 Å². The standard InChI is InChI=1S/C22H23F3N4O3S/c1-13(2)11-32-20-10-26-19(9-27-20)17(23)7-15-6-16(21(25)18(24)8-15)22(4)12-33(30,31)29(5)14(3)28-22/h6-10H,1,11-12H2,2-5H3/b17-7-/t22-/m0/s1. The normalized spacial score (nSPS) is 20.4. The van der Waals surface area contributed by atoms with Gasteiger partial charge < -0.3 is 4.74 Å². The number of nitrogens with zero attached hydrogens (tertiary/aromatic N) is 4. The Balaban J connectivity index is 1.98. The summed E-state index contributed by atoms with van der Waals surface area (Å²) in [5.41, 5.74) is -1.30. The number of halogens is 3. The van der Waals surface area contributed by atoms with Crippen molar-refractivity contribution in [3.05, 3.63) is 65.1 Å². The van der Waals surface area contributed by atoms with Crippen LogP contribution >= 0.6 is 0 Å². The van der Waals surface area contributed by atoms with Gasteiger partial charge in [0.2, 0.25) is 15.9 Å². The summed E-state index contributed by atoms with van der Waals surface area (Å²) < 4.78 is 75.1. The first kappa shape index (κ1) is 24.4. The molecule has 2 heterocycles. The zero-order valence-electron chi connectivity index (χ0n) is 18.6. The minimum absolute atomic E-state index is 0.0313. The van der Waals surface area contributed by atoms with Crippen molar-refractivity contribution in [2.75, 3.05) is 19.4 Å². The minimum Gasteiger partial charge on any atom is -0.472 e. The molecule has 7 nitrogen and oxygen atoms in total. The number of amidine groups is 1. The van der Waals surface area contributed by atoms with Gasteiger partial charge in [-0.1, -0.05) is 6.58 Å². The van der Waals surface area contributed by atoms with Gasteiger partial charge in [-0.15, -0.1) is 0 Å². The summed E-state index contributed by atoms with van der Waals surface area (Å²) in [6.45, 7) is 8.54. The van der Waals surface area contributed by atoms with E-state index in [-0.39, 0.29) is 35.1 Å². The van der Waals surface area contributed by atoms with Crippen molar-refractivity contribution < 1.29 is 26.3 Å². The van der Waals surface area contributed by atoms with Crippen LogP contribution in [0.2, 0.25) is 0 Å². The number of ether oxygens (including phenoxy) is 1. The fraction of sp³-hybridized carbons (Fsp3) is 0.318. The van der Waals surface area contributed by atoms with E-state index in [0.717, 1.165) is 28.2 Å². The molecule has 1 aliphatic heterocycles. The Labute approximate surface area is 190 Å². The highest BCUT2D eigenvalue weighted by molar-refractivity contribution is 7.89. The lowest BCUT2D eigenvalue weighted by molar-refractivity contribution is 0.337. The van der Waals surface area contributed by atoms with Gasteiger partial charge in [-0.05, 0) is 50.1 Å². The van der Waals surface area contributed by atoms with Crippen molar-refractivity contribution >= 4 is 27.8 Å². The number of hydrogen-bond acceptors (Lipinski definition) is 6. The molecule has 0 spiro atoms. The van der Waals surface area contributed by atoms with Gasteiger partial charge in [0.1, 0.15) is 23.7 Å². The van der Waals surface area contributed by atoms with E-state index in [4.69, 9.17) is 4.74 Å². The molecule has 1 aromatic heterocycles. The third kappa shape index (κ3) is 5.24. The highest BCUT2D eigenvalue weighted by Gasteiger charge is 2.41. The van der Waals surface area contributed by atoms with Gasteiger partial charge in [-0.25, -0.2) is 31.6 Å². The molecule has 0 saturated carbocycles. The van der Waals surface area contributed by atoms with E-state index >= 15 is 0 Å². The molecule has 11 heteroatoms. The van der Waals surface area contributed by atoms with Crippen molar-refractivity contribution in [3.8, 4) is 5.88 Å². The average molecular weight is 481 g/mol. The van der Waals surface area contributed by atoms with Crippen LogP contribution in [0.1, 0.15) is 37.6 Å². The van der Waals surface area contributed by atoms with Crippen molar-refractivity contribution in [2.45, 2.75) is 26.3 Å². The summed E-state index contributed by atoms with van der Waals surface area (Å²) in [6, 6.07) is 1.98. The molecule has 0 unspecified atom stereocenters. The molecule has 33 heavy (non-hydrogen) atoms. The molecule has 0 amide bonds. The Kier molecular flexibility index (Phi) is 6.64. The number of aliphatic imine (C=N–C) groups is 1. The zero-order valence-corrected chi connectivity index (χ0v) is 19.4. The molecule has 2 aromatic rings. The lowest BCUT2D eigenvalue weighted by Gasteiger charge is -2.35. The molecule has 0 fully saturated rings. The quantitative estimate of drug-likeness (QED) is 0.582. The third-order valence-corrected chi connectivity index (χ3v) is 7.03. The largest absolute Gasteiger partial charge is 0.472 e. The van der Waals surface area contributed by atoms with Crippen LogP contribution in [-0.2, 0) is 15.6 Å². The lowest BCUT2D eigenvalue weighted by Crippen LogP contribution is -2.46. The number of sulfonamides is 1.